The van der Waals surface area contributed by atoms with Crippen LogP contribution >= 0.6 is 0 Å². The quantitative estimate of drug-likeness (QED) is 0.889. The monoisotopic (exact) mass is 366 g/mol. The van der Waals surface area contributed by atoms with Gasteiger partial charge in [0.1, 0.15) is 10.6 Å². The zero-order valence-corrected chi connectivity index (χ0v) is 15.6. The molecule has 1 aromatic carbocycles. The van der Waals surface area contributed by atoms with E-state index in [0.29, 0.717) is 23.9 Å². The zero-order chi connectivity index (χ0) is 18.0. The van der Waals surface area contributed by atoms with Crippen molar-refractivity contribution in [2.75, 3.05) is 19.0 Å². The molecule has 1 saturated carbocycles. The van der Waals surface area contributed by atoms with Crippen LogP contribution in [0.2, 0.25) is 0 Å². The zero-order valence-electron chi connectivity index (χ0n) is 14.8. The molecule has 1 amide bonds. The summed E-state index contributed by atoms with van der Waals surface area (Å²) >= 11 is 0. The first kappa shape index (κ1) is 18.2. The molecule has 6 nitrogen and oxygen atoms in total. The summed E-state index contributed by atoms with van der Waals surface area (Å²) in [6, 6.07) is 4.84. The third kappa shape index (κ3) is 3.67. The number of rotatable bonds is 4. The van der Waals surface area contributed by atoms with Crippen LogP contribution in [-0.4, -0.2) is 38.3 Å². The average molecular weight is 366 g/mol. The summed E-state index contributed by atoms with van der Waals surface area (Å²) in [5, 5.41) is 2.65. The molecule has 3 rings (SSSR count). The highest BCUT2D eigenvalue weighted by Crippen LogP contribution is 2.40. The maximum absolute atomic E-state index is 13.4. The molecule has 138 valence electrons. The summed E-state index contributed by atoms with van der Waals surface area (Å²) in [6.45, 7) is 1.95. The molecular weight excluding hydrogens is 340 g/mol. The van der Waals surface area contributed by atoms with Crippen molar-refractivity contribution >= 4 is 21.6 Å². The van der Waals surface area contributed by atoms with Crippen LogP contribution in [0, 0.1) is 5.92 Å². The lowest BCUT2D eigenvalue weighted by Gasteiger charge is -2.43. The van der Waals surface area contributed by atoms with Gasteiger partial charge >= 0.3 is 0 Å². The van der Waals surface area contributed by atoms with Crippen molar-refractivity contribution in [3.8, 4) is 5.75 Å². The van der Waals surface area contributed by atoms with Gasteiger partial charge in [-0.2, -0.15) is 4.31 Å². The molecule has 1 aliphatic carbocycles. The molecule has 1 heterocycles. The van der Waals surface area contributed by atoms with Crippen molar-refractivity contribution in [1.29, 1.82) is 0 Å². The van der Waals surface area contributed by atoms with Gasteiger partial charge in [0.2, 0.25) is 15.9 Å². The summed E-state index contributed by atoms with van der Waals surface area (Å²) in [5.74, 6) is 0.535. The van der Waals surface area contributed by atoms with Crippen molar-refractivity contribution in [1.82, 2.24) is 4.31 Å². The Bertz CT molecular complexity index is 745. The Balaban J connectivity index is 1.99. The maximum Gasteiger partial charge on any atom is 0.247 e. The second-order valence-electron chi connectivity index (χ2n) is 6.92. The van der Waals surface area contributed by atoms with E-state index >= 15 is 0 Å². The molecule has 0 radical (unpaired) electrons. The number of carbonyl (C=O) groups excluding carboxylic acids is 1. The summed E-state index contributed by atoms with van der Waals surface area (Å²) < 4.78 is 33.8. The van der Waals surface area contributed by atoms with Crippen LogP contribution < -0.4 is 10.1 Å². The lowest BCUT2D eigenvalue weighted by Crippen LogP contribution is -2.49. The minimum absolute atomic E-state index is 0.0848. The van der Waals surface area contributed by atoms with Crippen molar-refractivity contribution in [2.24, 2.45) is 5.92 Å². The van der Waals surface area contributed by atoms with Gasteiger partial charge < -0.3 is 10.1 Å². The topological polar surface area (TPSA) is 75.7 Å². The smallest absolute Gasteiger partial charge is 0.247 e. The highest BCUT2D eigenvalue weighted by atomic mass is 32.2. The lowest BCUT2D eigenvalue weighted by atomic mass is 9.79. The molecule has 0 unspecified atom stereocenters. The SMILES string of the molecule is COc1ccc(NC(C)=O)cc1S(=O)(=O)N1CCC[C@@H]2CCCC[C@H]21. The largest absolute Gasteiger partial charge is 0.495 e. The van der Waals surface area contributed by atoms with Gasteiger partial charge in [0.05, 0.1) is 7.11 Å². The first-order valence-electron chi connectivity index (χ1n) is 8.91. The summed E-state index contributed by atoms with van der Waals surface area (Å²) in [6.07, 6.45) is 6.32. The van der Waals surface area contributed by atoms with Crippen LogP contribution in [0.3, 0.4) is 0 Å². The van der Waals surface area contributed by atoms with Gasteiger partial charge in [-0.05, 0) is 49.8 Å². The number of sulfonamides is 1. The molecule has 1 N–H and O–H groups in total. The molecule has 0 bridgehead atoms. The Morgan fingerprint density at radius 2 is 1.92 bits per heavy atom. The molecule has 1 aromatic rings. The predicted molar refractivity (Wildman–Crippen MR) is 96.2 cm³/mol. The van der Waals surface area contributed by atoms with Crippen LogP contribution in [0.5, 0.6) is 5.75 Å². The van der Waals surface area contributed by atoms with Gasteiger partial charge in [0, 0.05) is 25.2 Å². The molecule has 2 aliphatic rings. The minimum Gasteiger partial charge on any atom is -0.495 e. The van der Waals surface area contributed by atoms with Gasteiger partial charge in [-0.25, -0.2) is 8.42 Å². The molecule has 0 aromatic heterocycles. The van der Waals surface area contributed by atoms with E-state index in [1.54, 1.807) is 16.4 Å². The van der Waals surface area contributed by atoms with E-state index in [4.69, 9.17) is 4.74 Å². The molecule has 1 saturated heterocycles. The van der Waals surface area contributed by atoms with Crippen LogP contribution in [0.25, 0.3) is 0 Å². The summed E-state index contributed by atoms with van der Waals surface area (Å²) in [4.78, 5) is 11.4. The van der Waals surface area contributed by atoms with Crippen molar-refractivity contribution < 1.29 is 17.9 Å². The number of fused-ring (bicyclic) bond motifs is 1. The first-order chi connectivity index (χ1) is 11.9. The number of piperidine rings is 1. The Kier molecular flexibility index (Phi) is 5.34. The molecule has 0 spiro atoms. The lowest BCUT2D eigenvalue weighted by molar-refractivity contribution is -0.114. The number of ether oxygens (including phenoxy) is 1. The van der Waals surface area contributed by atoms with E-state index in [9.17, 15) is 13.2 Å². The van der Waals surface area contributed by atoms with Crippen molar-refractivity contribution in [3.05, 3.63) is 18.2 Å². The van der Waals surface area contributed by atoms with Crippen LogP contribution in [0.4, 0.5) is 5.69 Å². The predicted octanol–water partition coefficient (Wildman–Crippen LogP) is 3.00. The number of benzene rings is 1. The third-order valence-corrected chi connectivity index (χ3v) is 7.21. The third-order valence-electron chi connectivity index (χ3n) is 5.26. The van der Waals surface area contributed by atoms with E-state index in [1.807, 2.05) is 0 Å². The minimum atomic E-state index is -3.68. The number of hydrogen-bond acceptors (Lipinski definition) is 4. The average Bonchev–Trinajstić information content (AvgIpc) is 2.60. The Hall–Kier alpha value is -1.60. The van der Waals surface area contributed by atoms with E-state index in [-0.39, 0.29) is 16.8 Å². The fraction of sp³-hybridized carbons (Fsp3) is 0.611. The van der Waals surface area contributed by atoms with E-state index < -0.39 is 10.0 Å². The highest BCUT2D eigenvalue weighted by molar-refractivity contribution is 7.89. The number of carbonyl (C=O) groups is 1. The van der Waals surface area contributed by atoms with Gasteiger partial charge in [0.15, 0.2) is 0 Å². The Labute approximate surface area is 149 Å². The fourth-order valence-corrected chi connectivity index (χ4v) is 6.10. The Morgan fingerprint density at radius 1 is 1.20 bits per heavy atom. The number of methoxy groups -OCH3 is 1. The van der Waals surface area contributed by atoms with Gasteiger partial charge in [-0.3, -0.25) is 4.79 Å². The van der Waals surface area contributed by atoms with Crippen LogP contribution in [0.15, 0.2) is 23.1 Å². The molecule has 1 aliphatic heterocycles. The fourth-order valence-electron chi connectivity index (χ4n) is 4.16. The van der Waals surface area contributed by atoms with Gasteiger partial charge in [-0.15, -0.1) is 0 Å². The van der Waals surface area contributed by atoms with E-state index in [1.165, 1.54) is 26.5 Å². The standard InChI is InChI=1S/C18H26N2O4S/c1-13(21)19-15-9-10-17(24-2)18(12-15)25(22,23)20-11-5-7-14-6-3-4-8-16(14)20/h9-10,12,14,16H,3-8,11H2,1-2H3,(H,19,21)/t14-,16+/m0/s1. The van der Waals surface area contributed by atoms with Gasteiger partial charge in [0.25, 0.3) is 0 Å². The summed E-state index contributed by atoms with van der Waals surface area (Å²) in [7, 11) is -2.21. The van der Waals surface area contributed by atoms with Gasteiger partial charge in [-0.1, -0.05) is 12.8 Å². The van der Waals surface area contributed by atoms with E-state index in [2.05, 4.69) is 5.32 Å². The maximum atomic E-state index is 13.4. The first-order valence-corrected chi connectivity index (χ1v) is 10.3. The second kappa shape index (κ2) is 7.33. The number of anilines is 1. The molecular formula is C18H26N2O4S. The second-order valence-corrected chi connectivity index (χ2v) is 8.78. The van der Waals surface area contributed by atoms with Crippen molar-refractivity contribution in [2.45, 2.75) is 56.4 Å². The van der Waals surface area contributed by atoms with Crippen LogP contribution in [0.1, 0.15) is 45.4 Å². The van der Waals surface area contributed by atoms with E-state index in [0.717, 1.165) is 32.1 Å². The normalized spacial score (nSPS) is 24.4. The number of amides is 1. The molecule has 2 fully saturated rings. The molecule has 2 atom stereocenters. The van der Waals surface area contributed by atoms with Crippen LogP contribution in [-0.2, 0) is 14.8 Å². The van der Waals surface area contributed by atoms with Crippen molar-refractivity contribution in [3.63, 3.8) is 0 Å². The molecule has 7 heteroatoms. The highest BCUT2D eigenvalue weighted by Gasteiger charge is 2.41. The molecule has 25 heavy (non-hydrogen) atoms. The Morgan fingerprint density at radius 3 is 2.64 bits per heavy atom. The number of nitrogens with one attached hydrogen (secondary N) is 1. The number of nitrogens with zero attached hydrogens (tertiary/aromatic N) is 1. The number of hydrogen-bond donors (Lipinski definition) is 1. The summed E-state index contributed by atoms with van der Waals surface area (Å²) in [5.41, 5.74) is 0.462.